The van der Waals surface area contributed by atoms with Gasteiger partial charge in [-0.05, 0) is 74.0 Å². The smallest absolute Gasteiger partial charge is 0.330 e. The average Bonchev–Trinajstić information content (AvgIpc) is 3.36. The molecule has 1 spiro atoms. The molecule has 4 unspecified atom stereocenters. The molecule has 0 amide bonds. The number of esters is 1. The van der Waals surface area contributed by atoms with Gasteiger partial charge >= 0.3 is 5.97 Å². The summed E-state index contributed by atoms with van der Waals surface area (Å²) in [4.78, 5) is 24.1. The van der Waals surface area contributed by atoms with Gasteiger partial charge in [0.15, 0.2) is 5.78 Å². The highest BCUT2D eigenvalue weighted by molar-refractivity contribution is 5.89. The van der Waals surface area contributed by atoms with E-state index in [1.54, 1.807) is 6.08 Å². The lowest BCUT2D eigenvalue weighted by Gasteiger charge is -2.57. The van der Waals surface area contributed by atoms with E-state index in [0.717, 1.165) is 6.42 Å². The van der Waals surface area contributed by atoms with Crippen molar-refractivity contribution >= 4 is 11.8 Å². The SMILES string of the molecule is CCOC(=O)/C=C/[C@@H](C)C1CCC2C3C=C[C@]45O[C@H]4C(=O)CC[C@]5(C)C3CC[C@@]21C. The van der Waals surface area contributed by atoms with Gasteiger partial charge in [0.05, 0.1) is 6.61 Å². The number of carbonyl (C=O) groups excluding carboxylic acids is 2. The first kappa shape index (κ1) is 20.5. The number of Topliss-reactive ketones (excluding diaryl/α,β-unsaturated/α-hetero) is 1. The highest BCUT2D eigenvalue weighted by Crippen LogP contribution is 2.71. The molecule has 0 aromatic heterocycles. The summed E-state index contributed by atoms with van der Waals surface area (Å²) in [5.41, 5.74) is 0.101. The molecule has 0 N–H and O–H groups in total. The van der Waals surface area contributed by atoms with Crippen molar-refractivity contribution in [2.24, 2.45) is 40.4 Å². The maximum Gasteiger partial charge on any atom is 0.330 e. The number of carbonyl (C=O) groups is 2. The van der Waals surface area contributed by atoms with Gasteiger partial charge in [0.2, 0.25) is 0 Å². The number of hydrogen-bond donors (Lipinski definition) is 0. The summed E-state index contributed by atoms with van der Waals surface area (Å²) in [6.45, 7) is 9.44. The van der Waals surface area contributed by atoms with Crippen LogP contribution in [0.1, 0.15) is 66.2 Å². The highest BCUT2D eigenvalue weighted by Gasteiger charge is 2.75. The predicted molar refractivity (Wildman–Crippen MR) is 115 cm³/mol. The number of hydrogen-bond acceptors (Lipinski definition) is 4. The van der Waals surface area contributed by atoms with Crippen LogP contribution in [-0.2, 0) is 19.1 Å². The molecule has 4 aliphatic carbocycles. The van der Waals surface area contributed by atoms with Crippen LogP contribution in [0.15, 0.2) is 24.3 Å². The van der Waals surface area contributed by atoms with Crippen molar-refractivity contribution in [3.05, 3.63) is 24.3 Å². The van der Waals surface area contributed by atoms with Crippen molar-refractivity contribution < 1.29 is 19.1 Å². The molecule has 1 heterocycles. The molecule has 0 radical (unpaired) electrons. The number of fused-ring (bicyclic) bond motifs is 4. The van der Waals surface area contributed by atoms with Crippen LogP contribution in [-0.4, -0.2) is 30.1 Å². The molecule has 164 valence electrons. The molecule has 5 aliphatic rings. The summed E-state index contributed by atoms with van der Waals surface area (Å²) in [7, 11) is 0. The summed E-state index contributed by atoms with van der Waals surface area (Å²) in [5.74, 6) is 2.93. The van der Waals surface area contributed by atoms with Crippen LogP contribution < -0.4 is 0 Å². The quantitative estimate of drug-likeness (QED) is 0.286. The van der Waals surface area contributed by atoms with Crippen LogP contribution in [0.2, 0.25) is 0 Å². The Balaban J connectivity index is 1.38. The Morgan fingerprint density at radius 2 is 2.07 bits per heavy atom. The van der Waals surface area contributed by atoms with Gasteiger partial charge < -0.3 is 9.47 Å². The predicted octanol–water partition coefficient (Wildman–Crippen LogP) is 4.88. The van der Waals surface area contributed by atoms with Gasteiger partial charge in [-0.1, -0.05) is 39.0 Å². The average molecular weight is 413 g/mol. The fourth-order valence-electron chi connectivity index (χ4n) is 8.32. The standard InChI is InChI=1S/C26H36O4/c1-5-29-22(28)9-6-16(2)18-7-8-19-17-10-15-26-23(30-26)21(27)12-14-25(26,4)20(17)11-13-24(18,19)3/h6,9-10,15-20,23H,5,7-8,11-14H2,1-4H3/b9-6+/t16-,17?,18?,19?,20?,23+,24-,25-,26+/m1/s1. The molecule has 4 heteroatoms. The Hall–Kier alpha value is -1.42. The second-order valence-corrected chi connectivity index (χ2v) is 11.0. The molecular weight excluding hydrogens is 376 g/mol. The molecule has 4 nitrogen and oxygen atoms in total. The Morgan fingerprint density at radius 1 is 1.27 bits per heavy atom. The first-order chi connectivity index (χ1) is 14.3. The molecule has 0 aromatic carbocycles. The van der Waals surface area contributed by atoms with Crippen LogP contribution in [0.25, 0.3) is 0 Å². The third-order valence-electron chi connectivity index (χ3n) is 9.97. The number of allylic oxidation sites excluding steroid dienone is 2. The highest BCUT2D eigenvalue weighted by atomic mass is 16.6. The number of rotatable bonds is 4. The largest absolute Gasteiger partial charge is 0.463 e. The van der Waals surface area contributed by atoms with Crippen molar-refractivity contribution in [3.8, 4) is 0 Å². The zero-order valence-electron chi connectivity index (χ0n) is 18.9. The van der Waals surface area contributed by atoms with E-state index in [9.17, 15) is 9.59 Å². The third kappa shape index (κ3) is 2.61. The van der Waals surface area contributed by atoms with Crippen LogP contribution in [0.4, 0.5) is 0 Å². The maximum absolute atomic E-state index is 12.3. The van der Waals surface area contributed by atoms with E-state index in [0.29, 0.717) is 53.8 Å². The minimum atomic E-state index is -0.301. The van der Waals surface area contributed by atoms with Crippen molar-refractivity contribution in [2.45, 2.75) is 77.9 Å². The minimum absolute atomic E-state index is 0.0971. The molecule has 0 aromatic rings. The lowest BCUT2D eigenvalue weighted by Crippen LogP contribution is -2.56. The van der Waals surface area contributed by atoms with Gasteiger partial charge in [-0.2, -0.15) is 0 Å². The lowest BCUT2D eigenvalue weighted by molar-refractivity contribution is -0.137. The summed E-state index contributed by atoms with van der Waals surface area (Å²) in [6.07, 6.45) is 14.9. The molecule has 5 rings (SSSR count). The number of epoxide rings is 1. The third-order valence-corrected chi connectivity index (χ3v) is 9.97. The fourth-order valence-corrected chi connectivity index (χ4v) is 8.32. The lowest BCUT2D eigenvalue weighted by atomic mass is 9.46. The van der Waals surface area contributed by atoms with Gasteiger partial charge in [-0.15, -0.1) is 0 Å². The van der Waals surface area contributed by atoms with Gasteiger partial charge in [-0.3, -0.25) is 4.79 Å². The van der Waals surface area contributed by atoms with E-state index in [2.05, 4.69) is 39.0 Å². The van der Waals surface area contributed by atoms with Gasteiger partial charge in [0.25, 0.3) is 0 Å². The Kier molecular flexibility index (Phi) is 4.63. The summed E-state index contributed by atoms with van der Waals surface area (Å²) in [5, 5.41) is 0. The molecule has 9 atom stereocenters. The summed E-state index contributed by atoms with van der Waals surface area (Å²) >= 11 is 0. The van der Waals surface area contributed by atoms with Crippen LogP contribution in [0.3, 0.4) is 0 Å². The molecule has 1 saturated heterocycles. The Labute approximate surface area is 180 Å². The van der Waals surface area contributed by atoms with E-state index in [4.69, 9.17) is 9.47 Å². The molecular formula is C26H36O4. The van der Waals surface area contributed by atoms with Gasteiger partial charge in [0, 0.05) is 17.9 Å². The first-order valence-electron chi connectivity index (χ1n) is 12.0. The molecule has 1 aliphatic heterocycles. The van der Waals surface area contributed by atoms with E-state index >= 15 is 0 Å². The van der Waals surface area contributed by atoms with Crippen LogP contribution >= 0.6 is 0 Å². The zero-order chi connectivity index (χ0) is 21.3. The van der Waals surface area contributed by atoms with E-state index in [1.165, 1.54) is 25.7 Å². The first-order valence-corrected chi connectivity index (χ1v) is 12.0. The summed E-state index contributed by atoms with van der Waals surface area (Å²) < 4.78 is 11.2. The van der Waals surface area contributed by atoms with Crippen LogP contribution in [0.5, 0.6) is 0 Å². The number of ether oxygens (including phenoxy) is 2. The molecule has 0 bridgehead atoms. The van der Waals surface area contributed by atoms with Gasteiger partial charge in [-0.25, -0.2) is 4.79 Å². The fraction of sp³-hybridized carbons (Fsp3) is 0.769. The van der Waals surface area contributed by atoms with E-state index in [1.807, 2.05) is 6.92 Å². The minimum Gasteiger partial charge on any atom is -0.463 e. The zero-order valence-corrected chi connectivity index (χ0v) is 18.9. The number of ketones is 1. The van der Waals surface area contributed by atoms with Crippen molar-refractivity contribution in [1.29, 1.82) is 0 Å². The second-order valence-electron chi connectivity index (χ2n) is 11.0. The van der Waals surface area contributed by atoms with Crippen LogP contribution in [0, 0.1) is 40.4 Å². The normalized spacial score (nSPS) is 49.7. The monoisotopic (exact) mass is 412 g/mol. The van der Waals surface area contributed by atoms with E-state index in [-0.39, 0.29) is 23.1 Å². The Bertz CT molecular complexity index is 814. The maximum atomic E-state index is 12.3. The Morgan fingerprint density at radius 3 is 2.83 bits per heavy atom. The van der Waals surface area contributed by atoms with Crippen molar-refractivity contribution in [2.75, 3.05) is 6.61 Å². The summed E-state index contributed by atoms with van der Waals surface area (Å²) in [6, 6.07) is 0. The second kappa shape index (κ2) is 6.79. The topological polar surface area (TPSA) is 55.9 Å². The molecule has 3 saturated carbocycles. The van der Waals surface area contributed by atoms with Gasteiger partial charge in [0.1, 0.15) is 11.7 Å². The molecule has 4 fully saturated rings. The van der Waals surface area contributed by atoms with E-state index < -0.39 is 0 Å². The molecule has 30 heavy (non-hydrogen) atoms. The van der Waals surface area contributed by atoms with Crippen molar-refractivity contribution in [3.63, 3.8) is 0 Å². The van der Waals surface area contributed by atoms with Crippen molar-refractivity contribution in [1.82, 2.24) is 0 Å².